The molecule has 0 aliphatic heterocycles. The van der Waals surface area contributed by atoms with Crippen LogP contribution in [0.4, 0.5) is 10.1 Å². The summed E-state index contributed by atoms with van der Waals surface area (Å²) in [7, 11) is 3.00. The highest BCUT2D eigenvalue weighted by Crippen LogP contribution is 2.36. The van der Waals surface area contributed by atoms with E-state index in [0.29, 0.717) is 22.6 Å². The lowest BCUT2D eigenvalue weighted by Gasteiger charge is -2.17. The summed E-state index contributed by atoms with van der Waals surface area (Å²) < 4.78 is 29.0. The number of hydrogen-bond acceptors (Lipinski definition) is 7. The number of hydrogen-bond donors (Lipinski definition) is 0. The van der Waals surface area contributed by atoms with Gasteiger partial charge in [0.15, 0.2) is 23.0 Å². The zero-order valence-electron chi connectivity index (χ0n) is 17.3. The van der Waals surface area contributed by atoms with Crippen LogP contribution < -0.4 is 9.47 Å². The highest BCUT2D eigenvalue weighted by molar-refractivity contribution is 5.96. The Morgan fingerprint density at radius 3 is 2.45 bits per heavy atom. The molecule has 8 nitrogen and oxygen atoms in total. The molecule has 9 heteroatoms. The van der Waals surface area contributed by atoms with Gasteiger partial charge < -0.3 is 14.0 Å². The van der Waals surface area contributed by atoms with E-state index in [-0.39, 0.29) is 35.8 Å². The van der Waals surface area contributed by atoms with Crippen molar-refractivity contribution in [2.45, 2.75) is 25.7 Å². The minimum absolute atomic E-state index is 0.0119. The predicted molar refractivity (Wildman–Crippen MR) is 109 cm³/mol. The number of benzene rings is 2. The fourth-order valence-corrected chi connectivity index (χ4v) is 3.40. The Hall–Kier alpha value is -3.75. The van der Waals surface area contributed by atoms with Crippen molar-refractivity contribution in [3.63, 3.8) is 0 Å². The van der Waals surface area contributed by atoms with Gasteiger partial charge in [0, 0.05) is 18.4 Å². The van der Waals surface area contributed by atoms with Crippen molar-refractivity contribution in [2.24, 2.45) is 0 Å². The maximum absolute atomic E-state index is 13.2. The molecule has 0 saturated carbocycles. The molecule has 162 valence electrons. The number of nitro groups is 1. The molecule has 1 atom stereocenters. The van der Waals surface area contributed by atoms with Gasteiger partial charge in [-0.15, -0.1) is 0 Å². The quantitative estimate of drug-likeness (QED) is 0.278. The summed E-state index contributed by atoms with van der Waals surface area (Å²) in [6.07, 6.45) is 0.0809. The van der Waals surface area contributed by atoms with Gasteiger partial charge in [0.1, 0.15) is 5.82 Å². The second-order valence-electron chi connectivity index (χ2n) is 6.95. The maximum Gasteiger partial charge on any atom is 0.334 e. The van der Waals surface area contributed by atoms with Gasteiger partial charge in [-0.05, 0) is 54.8 Å². The van der Waals surface area contributed by atoms with Gasteiger partial charge in [-0.25, -0.2) is 4.39 Å². The number of aromatic nitrogens is 1. The fourth-order valence-electron chi connectivity index (χ4n) is 3.40. The summed E-state index contributed by atoms with van der Waals surface area (Å²) >= 11 is 0. The molecule has 1 aromatic heterocycles. The molecule has 3 aromatic rings. The number of nitrogens with zero attached hydrogens (tertiary/aromatic N) is 2. The third-order valence-electron chi connectivity index (χ3n) is 4.99. The molecule has 0 unspecified atom stereocenters. The van der Waals surface area contributed by atoms with Gasteiger partial charge >= 0.3 is 5.69 Å². The lowest BCUT2D eigenvalue weighted by molar-refractivity contribution is -0.386. The van der Waals surface area contributed by atoms with Crippen LogP contribution in [0.1, 0.15) is 39.7 Å². The first-order valence-electron chi connectivity index (χ1n) is 9.44. The van der Waals surface area contributed by atoms with E-state index in [1.54, 1.807) is 18.2 Å². The highest BCUT2D eigenvalue weighted by Gasteiger charge is 2.29. The fraction of sp³-hybridized carbons (Fsp3) is 0.273. The van der Waals surface area contributed by atoms with Crippen LogP contribution in [0, 0.1) is 22.9 Å². The molecule has 0 saturated heterocycles. The van der Waals surface area contributed by atoms with E-state index in [2.05, 4.69) is 5.16 Å². The molecule has 2 aromatic carbocycles. The van der Waals surface area contributed by atoms with Crippen molar-refractivity contribution < 1.29 is 28.1 Å². The number of halogens is 1. The van der Waals surface area contributed by atoms with Crippen LogP contribution in [0.25, 0.3) is 0 Å². The summed E-state index contributed by atoms with van der Waals surface area (Å²) in [5.74, 6) is -0.115. The van der Waals surface area contributed by atoms with E-state index < -0.39 is 16.7 Å². The largest absolute Gasteiger partial charge is 0.493 e. The SMILES string of the molecule is COc1ccc([C@@H](CC(=O)c2ccc(F)cc2)Cc2onc(C)c2[N+](=O)[O-])cc1OC. The number of ether oxygens (including phenoxy) is 2. The van der Waals surface area contributed by atoms with Crippen molar-refractivity contribution in [1.82, 2.24) is 5.16 Å². The molecule has 0 amide bonds. The van der Waals surface area contributed by atoms with E-state index in [9.17, 15) is 19.3 Å². The van der Waals surface area contributed by atoms with Crippen LogP contribution in [0.2, 0.25) is 0 Å². The van der Waals surface area contributed by atoms with Crippen molar-refractivity contribution in [3.05, 3.63) is 81.0 Å². The van der Waals surface area contributed by atoms with Crippen molar-refractivity contribution in [1.29, 1.82) is 0 Å². The lowest BCUT2D eigenvalue weighted by atomic mass is 9.87. The second kappa shape index (κ2) is 9.38. The van der Waals surface area contributed by atoms with Crippen LogP contribution in [0.3, 0.4) is 0 Å². The third-order valence-corrected chi connectivity index (χ3v) is 4.99. The van der Waals surface area contributed by atoms with Gasteiger partial charge in [-0.1, -0.05) is 11.2 Å². The Bertz CT molecular complexity index is 1090. The molecule has 0 spiro atoms. The Balaban J connectivity index is 1.98. The molecule has 0 N–H and O–H groups in total. The molecule has 0 aliphatic carbocycles. The smallest absolute Gasteiger partial charge is 0.334 e. The van der Waals surface area contributed by atoms with Gasteiger partial charge in [0.05, 0.1) is 19.1 Å². The molecule has 0 aliphatic rings. The zero-order chi connectivity index (χ0) is 22.5. The number of rotatable bonds is 9. The van der Waals surface area contributed by atoms with E-state index in [0.717, 1.165) is 0 Å². The summed E-state index contributed by atoms with van der Waals surface area (Å²) in [6.45, 7) is 1.49. The summed E-state index contributed by atoms with van der Waals surface area (Å²) in [5, 5.41) is 15.2. The molecule has 3 rings (SSSR count). The average molecular weight is 428 g/mol. The summed E-state index contributed by atoms with van der Waals surface area (Å²) in [6, 6.07) is 10.4. The second-order valence-corrected chi connectivity index (χ2v) is 6.95. The standard InChI is InChI=1S/C22H21FN2O6/c1-13-22(25(27)28)21(31-24-13)12-16(10-18(26)14-4-7-17(23)8-5-14)15-6-9-19(29-2)20(11-15)30-3/h4-9,11,16H,10,12H2,1-3H3/t16-/m0/s1. The minimum atomic E-state index is -0.547. The van der Waals surface area contributed by atoms with E-state index in [4.69, 9.17) is 14.0 Å². The number of ketones is 1. The van der Waals surface area contributed by atoms with Crippen molar-refractivity contribution >= 4 is 11.5 Å². The predicted octanol–water partition coefficient (Wildman–Crippen LogP) is 4.65. The molecule has 0 fully saturated rings. The highest BCUT2D eigenvalue weighted by atomic mass is 19.1. The van der Waals surface area contributed by atoms with Crippen LogP contribution in [0.5, 0.6) is 11.5 Å². The molecular weight excluding hydrogens is 407 g/mol. The van der Waals surface area contributed by atoms with Gasteiger partial charge in [-0.3, -0.25) is 14.9 Å². The summed E-state index contributed by atoms with van der Waals surface area (Å²) in [4.78, 5) is 23.8. The van der Waals surface area contributed by atoms with E-state index in [1.165, 1.54) is 45.4 Å². The molecule has 0 radical (unpaired) electrons. The van der Waals surface area contributed by atoms with E-state index >= 15 is 0 Å². The van der Waals surface area contributed by atoms with Crippen LogP contribution in [-0.4, -0.2) is 30.1 Å². The van der Waals surface area contributed by atoms with E-state index in [1.807, 2.05) is 0 Å². The number of aryl methyl sites for hydroxylation is 1. The lowest BCUT2D eigenvalue weighted by Crippen LogP contribution is -2.11. The third kappa shape index (κ3) is 4.88. The minimum Gasteiger partial charge on any atom is -0.493 e. The maximum atomic E-state index is 13.2. The molecule has 0 bridgehead atoms. The summed E-state index contributed by atoms with van der Waals surface area (Å²) in [5.41, 5.74) is 1.00. The van der Waals surface area contributed by atoms with Crippen LogP contribution >= 0.6 is 0 Å². The zero-order valence-corrected chi connectivity index (χ0v) is 17.3. The Kier molecular flexibility index (Phi) is 6.64. The van der Waals surface area contributed by atoms with Crippen LogP contribution in [-0.2, 0) is 6.42 Å². The van der Waals surface area contributed by atoms with Crippen LogP contribution in [0.15, 0.2) is 47.0 Å². The van der Waals surface area contributed by atoms with Gasteiger partial charge in [0.25, 0.3) is 0 Å². The Morgan fingerprint density at radius 2 is 1.84 bits per heavy atom. The first-order valence-corrected chi connectivity index (χ1v) is 9.44. The Labute approximate surface area is 177 Å². The number of Topliss-reactive ketones (excluding diaryl/α,β-unsaturated/α-hetero) is 1. The number of carbonyl (C=O) groups excluding carboxylic acids is 1. The average Bonchev–Trinajstić information content (AvgIpc) is 3.13. The monoisotopic (exact) mass is 428 g/mol. The molecule has 1 heterocycles. The first-order chi connectivity index (χ1) is 14.8. The first kappa shape index (κ1) is 21.9. The van der Waals surface area contributed by atoms with Gasteiger partial charge in [0.2, 0.25) is 5.76 Å². The topological polar surface area (TPSA) is 105 Å². The van der Waals surface area contributed by atoms with Crippen molar-refractivity contribution in [3.8, 4) is 11.5 Å². The van der Waals surface area contributed by atoms with Gasteiger partial charge in [-0.2, -0.15) is 0 Å². The number of carbonyl (C=O) groups is 1. The number of methoxy groups -OCH3 is 2. The normalized spacial score (nSPS) is 11.7. The van der Waals surface area contributed by atoms with Crippen molar-refractivity contribution in [2.75, 3.05) is 14.2 Å². The Morgan fingerprint density at radius 1 is 1.16 bits per heavy atom. The molecule has 31 heavy (non-hydrogen) atoms. The molecular formula is C22H21FN2O6.